The number of benzene rings is 1. The van der Waals surface area contributed by atoms with Crippen molar-refractivity contribution in [2.75, 3.05) is 19.6 Å². The van der Waals surface area contributed by atoms with Crippen LogP contribution in [0.5, 0.6) is 0 Å². The Morgan fingerprint density at radius 2 is 2.00 bits per heavy atom. The Morgan fingerprint density at radius 1 is 1.23 bits per heavy atom. The number of likely N-dealkylation sites (tertiary alicyclic amines) is 1. The fourth-order valence-corrected chi connectivity index (χ4v) is 4.75. The van der Waals surface area contributed by atoms with E-state index < -0.39 is 5.54 Å². The lowest BCUT2D eigenvalue weighted by molar-refractivity contribution is -0.143. The number of hydrogen-bond donors (Lipinski definition) is 1. The summed E-state index contributed by atoms with van der Waals surface area (Å²) in [5.74, 6) is 0.665. The summed E-state index contributed by atoms with van der Waals surface area (Å²) in [6.45, 7) is 6.88. The lowest BCUT2D eigenvalue weighted by Crippen LogP contribution is -2.56. The third-order valence-electron chi connectivity index (χ3n) is 6.24. The van der Waals surface area contributed by atoms with Crippen molar-refractivity contribution in [1.29, 1.82) is 0 Å². The third-order valence-corrected chi connectivity index (χ3v) is 6.24. The van der Waals surface area contributed by atoms with Gasteiger partial charge in [0.25, 0.3) is 5.91 Å². The number of hydrogen-bond acceptors (Lipinski definition) is 3. The molecule has 2 fully saturated rings. The molecule has 4 rings (SSSR count). The maximum Gasteiger partial charge on any atom is 0.250 e. The Balaban J connectivity index is 1.62. The summed E-state index contributed by atoms with van der Waals surface area (Å²) in [5, 5.41) is 7.85. The van der Waals surface area contributed by atoms with Gasteiger partial charge in [-0.05, 0) is 63.4 Å². The van der Waals surface area contributed by atoms with Gasteiger partial charge in [-0.3, -0.25) is 9.48 Å². The Bertz CT molecular complexity index is 764. The largest absolute Gasteiger partial charge is 0.337 e. The van der Waals surface area contributed by atoms with Crippen molar-refractivity contribution in [3.05, 3.63) is 53.9 Å². The molecule has 138 valence electrons. The van der Waals surface area contributed by atoms with E-state index in [4.69, 9.17) is 0 Å². The van der Waals surface area contributed by atoms with Gasteiger partial charge in [0.1, 0.15) is 5.54 Å². The van der Waals surface area contributed by atoms with E-state index in [1.165, 1.54) is 11.1 Å². The number of nitrogens with one attached hydrogen (secondary N) is 1. The van der Waals surface area contributed by atoms with Crippen molar-refractivity contribution in [2.24, 2.45) is 0 Å². The normalized spacial score (nSPS) is 25.4. The van der Waals surface area contributed by atoms with Gasteiger partial charge in [0, 0.05) is 30.9 Å². The highest BCUT2D eigenvalue weighted by Crippen LogP contribution is 2.37. The van der Waals surface area contributed by atoms with Gasteiger partial charge in [0.2, 0.25) is 0 Å². The lowest BCUT2D eigenvalue weighted by atomic mass is 9.86. The second-order valence-electron chi connectivity index (χ2n) is 7.83. The van der Waals surface area contributed by atoms with Crippen molar-refractivity contribution in [2.45, 2.75) is 50.6 Å². The van der Waals surface area contributed by atoms with Crippen LogP contribution in [-0.4, -0.2) is 46.3 Å². The maximum absolute atomic E-state index is 13.7. The molecule has 2 unspecified atom stereocenters. The third kappa shape index (κ3) is 2.84. The summed E-state index contributed by atoms with van der Waals surface area (Å²) in [4.78, 5) is 15.8. The Labute approximate surface area is 155 Å². The first-order chi connectivity index (χ1) is 12.6. The summed E-state index contributed by atoms with van der Waals surface area (Å²) in [5.41, 5.74) is 2.17. The van der Waals surface area contributed by atoms with E-state index in [2.05, 4.69) is 53.4 Å². The molecule has 26 heavy (non-hydrogen) atoms. The molecule has 2 aromatic rings. The maximum atomic E-state index is 13.7. The number of aryl methyl sites for hydroxylation is 1. The molecule has 0 bridgehead atoms. The van der Waals surface area contributed by atoms with Gasteiger partial charge >= 0.3 is 0 Å². The second-order valence-corrected chi connectivity index (χ2v) is 7.83. The van der Waals surface area contributed by atoms with Crippen LogP contribution in [0.2, 0.25) is 0 Å². The molecule has 1 N–H and O–H groups in total. The van der Waals surface area contributed by atoms with E-state index in [0.29, 0.717) is 5.92 Å². The molecule has 1 aromatic heterocycles. The first-order valence-corrected chi connectivity index (χ1v) is 9.69. The van der Waals surface area contributed by atoms with Gasteiger partial charge in [0.05, 0.1) is 0 Å². The van der Waals surface area contributed by atoms with E-state index in [1.54, 1.807) is 6.20 Å². The highest BCUT2D eigenvalue weighted by atomic mass is 16.2. The predicted octanol–water partition coefficient (Wildman–Crippen LogP) is 2.67. The lowest BCUT2D eigenvalue weighted by Gasteiger charge is -2.40. The molecule has 1 amide bonds. The number of aromatic nitrogens is 2. The molecule has 3 heterocycles. The van der Waals surface area contributed by atoms with E-state index in [1.807, 2.05) is 16.9 Å². The second kappa shape index (κ2) is 6.88. The molecular formula is C21H28N4O. The fraction of sp³-hybridized carbons (Fsp3) is 0.524. The summed E-state index contributed by atoms with van der Waals surface area (Å²) in [6.07, 6.45) is 6.35. The molecule has 2 aliphatic heterocycles. The number of carbonyl (C=O) groups excluding carboxylic acids is 1. The monoisotopic (exact) mass is 352 g/mol. The average molecular weight is 352 g/mol. The standard InChI is InChI=1S/C21H28N4O/c1-16-6-3-4-7-19(16)18-14-17(2)24(15-18)20(26)21(8-11-22-12-9-21)25-13-5-10-23-25/h3-7,10,13,17-18,22H,8-9,11-12,14-15H2,1-2H3. The van der Waals surface area contributed by atoms with Gasteiger partial charge in [-0.2, -0.15) is 5.10 Å². The summed E-state index contributed by atoms with van der Waals surface area (Å²) in [7, 11) is 0. The zero-order chi connectivity index (χ0) is 18.1. The molecule has 5 nitrogen and oxygen atoms in total. The van der Waals surface area contributed by atoms with Crippen LogP contribution in [-0.2, 0) is 10.3 Å². The van der Waals surface area contributed by atoms with Gasteiger partial charge in [-0.25, -0.2) is 0 Å². The SMILES string of the molecule is Cc1ccccc1C1CC(C)N(C(=O)C2(n3cccn3)CCNCC2)C1. The zero-order valence-electron chi connectivity index (χ0n) is 15.7. The van der Waals surface area contributed by atoms with Crippen molar-refractivity contribution in [3.63, 3.8) is 0 Å². The molecule has 1 aromatic carbocycles. The Kier molecular flexibility index (Phi) is 4.57. The summed E-state index contributed by atoms with van der Waals surface area (Å²) in [6, 6.07) is 10.8. The Morgan fingerprint density at radius 3 is 2.69 bits per heavy atom. The van der Waals surface area contributed by atoms with E-state index in [0.717, 1.165) is 38.9 Å². The molecule has 2 atom stereocenters. The number of rotatable bonds is 3. The van der Waals surface area contributed by atoms with Crippen LogP contribution in [0.1, 0.15) is 43.2 Å². The van der Waals surface area contributed by atoms with Gasteiger partial charge in [-0.15, -0.1) is 0 Å². The quantitative estimate of drug-likeness (QED) is 0.924. The van der Waals surface area contributed by atoms with Gasteiger partial charge in [-0.1, -0.05) is 24.3 Å². The average Bonchev–Trinajstić information content (AvgIpc) is 3.32. The number of piperidine rings is 1. The van der Waals surface area contributed by atoms with Crippen molar-refractivity contribution in [3.8, 4) is 0 Å². The van der Waals surface area contributed by atoms with Gasteiger partial charge < -0.3 is 10.2 Å². The predicted molar refractivity (Wildman–Crippen MR) is 102 cm³/mol. The summed E-state index contributed by atoms with van der Waals surface area (Å²) < 4.78 is 1.91. The van der Waals surface area contributed by atoms with Crippen LogP contribution in [0.4, 0.5) is 0 Å². The molecule has 0 saturated carbocycles. The number of carbonyl (C=O) groups is 1. The van der Waals surface area contributed by atoms with E-state index in [-0.39, 0.29) is 11.9 Å². The fourth-order valence-electron chi connectivity index (χ4n) is 4.75. The van der Waals surface area contributed by atoms with Crippen LogP contribution >= 0.6 is 0 Å². The minimum atomic E-state index is -0.538. The topological polar surface area (TPSA) is 50.2 Å². The van der Waals surface area contributed by atoms with Crippen LogP contribution in [0.15, 0.2) is 42.7 Å². The van der Waals surface area contributed by atoms with Crippen molar-refractivity contribution >= 4 is 5.91 Å². The smallest absolute Gasteiger partial charge is 0.250 e. The first kappa shape index (κ1) is 17.3. The molecular weight excluding hydrogens is 324 g/mol. The van der Waals surface area contributed by atoms with Gasteiger partial charge in [0.15, 0.2) is 0 Å². The van der Waals surface area contributed by atoms with Crippen LogP contribution < -0.4 is 5.32 Å². The minimum Gasteiger partial charge on any atom is -0.337 e. The highest BCUT2D eigenvalue weighted by molar-refractivity contribution is 5.85. The van der Waals surface area contributed by atoms with E-state index in [9.17, 15) is 4.79 Å². The zero-order valence-corrected chi connectivity index (χ0v) is 15.7. The van der Waals surface area contributed by atoms with E-state index >= 15 is 0 Å². The molecule has 2 saturated heterocycles. The molecule has 0 spiro atoms. The van der Waals surface area contributed by atoms with Crippen molar-refractivity contribution in [1.82, 2.24) is 20.0 Å². The summed E-state index contributed by atoms with van der Waals surface area (Å²) >= 11 is 0. The molecule has 0 aliphatic carbocycles. The van der Waals surface area contributed by atoms with Crippen LogP contribution in [0.3, 0.4) is 0 Å². The van der Waals surface area contributed by atoms with Crippen molar-refractivity contribution < 1.29 is 4.79 Å². The Hall–Kier alpha value is -2.14. The highest BCUT2D eigenvalue weighted by Gasteiger charge is 2.47. The molecule has 0 radical (unpaired) electrons. The first-order valence-electron chi connectivity index (χ1n) is 9.69. The molecule has 5 heteroatoms. The molecule has 2 aliphatic rings. The number of amides is 1. The van der Waals surface area contributed by atoms with Crippen LogP contribution in [0.25, 0.3) is 0 Å². The number of nitrogens with zero attached hydrogens (tertiary/aromatic N) is 3. The minimum absolute atomic E-state index is 0.242. The van der Waals surface area contributed by atoms with Crippen LogP contribution in [0, 0.1) is 6.92 Å².